The van der Waals surface area contributed by atoms with Crippen molar-refractivity contribution in [3.63, 3.8) is 0 Å². The number of aromatic nitrogens is 2. The lowest BCUT2D eigenvalue weighted by atomic mass is 10.0. The Balaban J connectivity index is 1.76. The highest BCUT2D eigenvalue weighted by Gasteiger charge is 2.28. The predicted molar refractivity (Wildman–Crippen MR) is 76.3 cm³/mol. The lowest BCUT2D eigenvalue weighted by Crippen LogP contribution is -2.46. The van der Waals surface area contributed by atoms with E-state index in [1.165, 1.54) is 18.5 Å². The van der Waals surface area contributed by atoms with Crippen LogP contribution in [0.2, 0.25) is 0 Å². The number of nitrogens with one attached hydrogen (secondary N) is 1. The molecule has 0 aliphatic carbocycles. The fourth-order valence-electron chi connectivity index (χ4n) is 3.00. The van der Waals surface area contributed by atoms with E-state index < -0.39 is 0 Å². The van der Waals surface area contributed by atoms with Gasteiger partial charge in [-0.25, -0.2) is 4.98 Å². The van der Waals surface area contributed by atoms with E-state index in [2.05, 4.69) is 27.3 Å². The van der Waals surface area contributed by atoms with E-state index in [0.29, 0.717) is 6.04 Å². The number of rotatable bonds is 1. The highest BCUT2D eigenvalue weighted by Crippen LogP contribution is 2.34. The lowest BCUT2D eigenvalue weighted by molar-refractivity contribution is 0.516. The maximum Gasteiger partial charge on any atom is 0.150 e. The van der Waals surface area contributed by atoms with Crippen LogP contribution in [0, 0.1) is 0 Å². The van der Waals surface area contributed by atoms with Gasteiger partial charge < -0.3 is 10.2 Å². The number of hydrogen-bond donors (Lipinski definition) is 1. The quantitative estimate of drug-likeness (QED) is 0.846. The Bertz CT molecular complexity index is 596. The van der Waals surface area contributed by atoms with Gasteiger partial charge in [0, 0.05) is 37.1 Å². The van der Waals surface area contributed by atoms with Gasteiger partial charge in [-0.05, 0) is 37.1 Å². The van der Waals surface area contributed by atoms with Gasteiger partial charge in [-0.3, -0.25) is 4.98 Å². The summed E-state index contributed by atoms with van der Waals surface area (Å²) in [6, 6.07) is 8.82. The zero-order valence-electron chi connectivity index (χ0n) is 10.7. The van der Waals surface area contributed by atoms with Crippen LogP contribution in [0.4, 0.5) is 11.5 Å². The SMILES string of the molecule is c1cncc(-c2ccc3c(n2)N[C@H]2CCCN3C2)c1. The molecule has 19 heavy (non-hydrogen) atoms. The molecule has 2 aromatic rings. The van der Waals surface area contributed by atoms with Crippen LogP contribution in [0.25, 0.3) is 11.3 Å². The van der Waals surface area contributed by atoms with Crippen molar-refractivity contribution in [2.75, 3.05) is 23.3 Å². The molecular formula is C15H16N4. The number of piperidine rings is 1. The zero-order chi connectivity index (χ0) is 12.7. The first-order valence-corrected chi connectivity index (χ1v) is 6.83. The lowest BCUT2D eigenvalue weighted by Gasteiger charge is -2.40. The largest absolute Gasteiger partial charge is 0.366 e. The minimum absolute atomic E-state index is 0.554. The van der Waals surface area contributed by atoms with Crippen LogP contribution in [-0.4, -0.2) is 29.1 Å². The molecular weight excluding hydrogens is 236 g/mol. The normalized spacial score (nSPS) is 20.6. The first-order chi connectivity index (χ1) is 9.40. The van der Waals surface area contributed by atoms with Crippen molar-refractivity contribution in [1.82, 2.24) is 9.97 Å². The average Bonchev–Trinajstić information content (AvgIpc) is 2.48. The number of nitrogens with zero attached hydrogens (tertiary/aromatic N) is 3. The van der Waals surface area contributed by atoms with Gasteiger partial charge in [-0.1, -0.05) is 0 Å². The molecule has 0 radical (unpaired) electrons. The monoisotopic (exact) mass is 252 g/mol. The summed E-state index contributed by atoms with van der Waals surface area (Å²) < 4.78 is 0. The summed E-state index contributed by atoms with van der Waals surface area (Å²) in [6.07, 6.45) is 6.16. The maximum atomic E-state index is 4.77. The van der Waals surface area contributed by atoms with E-state index >= 15 is 0 Å². The Morgan fingerprint density at radius 1 is 1.26 bits per heavy atom. The molecule has 0 unspecified atom stereocenters. The predicted octanol–water partition coefficient (Wildman–Crippen LogP) is 2.54. The van der Waals surface area contributed by atoms with Gasteiger partial charge in [0.2, 0.25) is 0 Å². The molecule has 4 heteroatoms. The summed E-state index contributed by atoms with van der Waals surface area (Å²) in [5.41, 5.74) is 3.29. The second kappa shape index (κ2) is 4.23. The van der Waals surface area contributed by atoms with Crippen LogP contribution in [-0.2, 0) is 0 Å². The highest BCUT2D eigenvalue weighted by atomic mass is 15.2. The van der Waals surface area contributed by atoms with Crippen molar-refractivity contribution in [2.24, 2.45) is 0 Å². The van der Waals surface area contributed by atoms with E-state index in [-0.39, 0.29) is 0 Å². The molecule has 2 aromatic heterocycles. The van der Waals surface area contributed by atoms with E-state index in [4.69, 9.17) is 4.98 Å². The van der Waals surface area contributed by atoms with E-state index in [0.717, 1.165) is 30.2 Å². The molecule has 96 valence electrons. The topological polar surface area (TPSA) is 41.1 Å². The van der Waals surface area contributed by atoms with Gasteiger partial charge in [0.15, 0.2) is 5.82 Å². The number of fused-ring (bicyclic) bond motifs is 4. The minimum Gasteiger partial charge on any atom is -0.366 e. The Labute approximate surface area is 112 Å². The Hall–Kier alpha value is -2.10. The zero-order valence-corrected chi connectivity index (χ0v) is 10.7. The molecule has 4 rings (SSSR count). The molecule has 1 fully saturated rings. The van der Waals surface area contributed by atoms with Crippen molar-refractivity contribution in [1.29, 1.82) is 0 Å². The summed E-state index contributed by atoms with van der Waals surface area (Å²) >= 11 is 0. The number of anilines is 2. The summed E-state index contributed by atoms with van der Waals surface area (Å²) in [7, 11) is 0. The summed E-state index contributed by atoms with van der Waals surface area (Å²) in [4.78, 5) is 11.4. The van der Waals surface area contributed by atoms with Crippen molar-refractivity contribution >= 4 is 11.5 Å². The highest BCUT2D eigenvalue weighted by molar-refractivity contribution is 5.73. The molecule has 0 spiro atoms. The fourth-order valence-corrected chi connectivity index (χ4v) is 3.00. The maximum absolute atomic E-state index is 4.77. The van der Waals surface area contributed by atoms with Crippen LogP contribution < -0.4 is 10.2 Å². The second-order valence-electron chi connectivity index (χ2n) is 5.24. The van der Waals surface area contributed by atoms with Crippen LogP contribution in [0.15, 0.2) is 36.7 Å². The van der Waals surface area contributed by atoms with Crippen LogP contribution >= 0.6 is 0 Å². The molecule has 1 saturated heterocycles. The second-order valence-corrected chi connectivity index (χ2v) is 5.24. The molecule has 4 nitrogen and oxygen atoms in total. The van der Waals surface area contributed by atoms with E-state index in [1.807, 2.05) is 18.3 Å². The van der Waals surface area contributed by atoms with Gasteiger partial charge in [0.05, 0.1) is 11.4 Å². The molecule has 0 aromatic carbocycles. The van der Waals surface area contributed by atoms with Crippen LogP contribution in [0.3, 0.4) is 0 Å². The van der Waals surface area contributed by atoms with E-state index in [1.54, 1.807) is 6.20 Å². The first kappa shape index (κ1) is 10.8. The summed E-state index contributed by atoms with van der Waals surface area (Å²) in [5.74, 6) is 1.03. The minimum atomic E-state index is 0.554. The third kappa shape index (κ3) is 1.84. The standard InChI is InChI=1S/C15H16N4/c1-3-11(9-16-7-1)13-5-6-14-15(18-13)17-12-4-2-8-19(14)10-12/h1,3,5-7,9,12H,2,4,8,10H2,(H,17,18)/t12-/m0/s1. The van der Waals surface area contributed by atoms with Gasteiger partial charge in [0.25, 0.3) is 0 Å². The summed E-state index contributed by atoms with van der Waals surface area (Å²) in [5, 5.41) is 3.57. The van der Waals surface area contributed by atoms with Gasteiger partial charge in [-0.2, -0.15) is 0 Å². The Morgan fingerprint density at radius 2 is 2.26 bits per heavy atom. The van der Waals surface area contributed by atoms with Crippen molar-refractivity contribution in [3.8, 4) is 11.3 Å². The average molecular weight is 252 g/mol. The van der Waals surface area contributed by atoms with Gasteiger partial charge >= 0.3 is 0 Å². The molecule has 1 atom stereocenters. The van der Waals surface area contributed by atoms with Crippen molar-refractivity contribution in [2.45, 2.75) is 18.9 Å². The van der Waals surface area contributed by atoms with Crippen molar-refractivity contribution < 1.29 is 0 Å². The third-order valence-corrected chi connectivity index (χ3v) is 3.93. The molecule has 2 aliphatic heterocycles. The fraction of sp³-hybridized carbons (Fsp3) is 0.333. The number of pyridine rings is 2. The number of hydrogen-bond acceptors (Lipinski definition) is 4. The molecule has 2 bridgehead atoms. The molecule has 1 N–H and O–H groups in total. The van der Waals surface area contributed by atoms with E-state index in [9.17, 15) is 0 Å². The van der Waals surface area contributed by atoms with Gasteiger partial charge in [0.1, 0.15) is 0 Å². The Morgan fingerprint density at radius 3 is 3.16 bits per heavy atom. The first-order valence-electron chi connectivity index (χ1n) is 6.83. The Kier molecular flexibility index (Phi) is 2.40. The summed E-state index contributed by atoms with van der Waals surface area (Å²) in [6.45, 7) is 2.26. The molecule has 2 aliphatic rings. The third-order valence-electron chi connectivity index (χ3n) is 3.93. The smallest absolute Gasteiger partial charge is 0.150 e. The van der Waals surface area contributed by atoms with Gasteiger partial charge in [-0.15, -0.1) is 0 Å². The molecule has 4 heterocycles. The van der Waals surface area contributed by atoms with Crippen LogP contribution in [0.1, 0.15) is 12.8 Å². The molecule has 0 saturated carbocycles. The molecule has 0 amide bonds. The van der Waals surface area contributed by atoms with Crippen LogP contribution in [0.5, 0.6) is 0 Å². The van der Waals surface area contributed by atoms with Crippen molar-refractivity contribution in [3.05, 3.63) is 36.7 Å².